The highest BCUT2D eigenvalue weighted by atomic mass is 16.5. The van der Waals surface area contributed by atoms with Crippen LogP contribution < -0.4 is 9.47 Å². The van der Waals surface area contributed by atoms with Gasteiger partial charge in [0.15, 0.2) is 11.5 Å². The van der Waals surface area contributed by atoms with Gasteiger partial charge >= 0.3 is 0 Å². The molecule has 0 radical (unpaired) electrons. The monoisotopic (exact) mass is 351 g/mol. The van der Waals surface area contributed by atoms with E-state index >= 15 is 0 Å². The fourth-order valence-electron chi connectivity index (χ4n) is 3.48. The predicted octanol–water partition coefficient (Wildman–Crippen LogP) is 2.64. The average molecular weight is 351 g/mol. The van der Waals surface area contributed by atoms with Gasteiger partial charge in [0.2, 0.25) is 5.91 Å². The molecule has 0 saturated heterocycles. The van der Waals surface area contributed by atoms with Crippen molar-refractivity contribution >= 4 is 16.9 Å². The molecule has 2 aromatic carbocycles. The lowest BCUT2D eigenvalue weighted by Crippen LogP contribution is -2.38. The maximum Gasteiger partial charge on any atom is 0.242 e. The highest BCUT2D eigenvalue weighted by Gasteiger charge is 2.23. The van der Waals surface area contributed by atoms with E-state index in [1.807, 2.05) is 45.9 Å². The quantitative estimate of drug-likeness (QED) is 0.725. The molecule has 0 aliphatic carbocycles. The van der Waals surface area contributed by atoms with Crippen molar-refractivity contribution in [3.63, 3.8) is 0 Å². The van der Waals surface area contributed by atoms with Crippen LogP contribution in [-0.4, -0.2) is 41.1 Å². The van der Waals surface area contributed by atoms with Gasteiger partial charge < -0.3 is 18.9 Å². The summed E-state index contributed by atoms with van der Waals surface area (Å²) < 4.78 is 12.7. The number of fused-ring (bicyclic) bond motifs is 2. The van der Waals surface area contributed by atoms with Crippen LogP contribution in [0.4, 0.5) is 0 Å². The Kier molecular flexibility index (Phi) is 4.24. The SMILES string of the molecule is COc1cc2c(cc1OC)CN(C(=O)Cn1cnc3ccccc31)CC2. The van der Waals surface area contributed by atoms with Gasteiger partial charge in [-0.25, -0.2) is 4.98 Å². The van der Waals surface area contributed by atoms with Crippen LogP contribution in [0.2, 0.25) is 0 Å². The third-order valence-electron chi connectivity index (χ3n) is 4.90. The van der Waals surface area contributed by atoms with Crippen LogP contribution >= 0.6 is 0 Å². The molecule has 6 nitrogen and oxygen atoms in total. The molecule has 3 aromatic rings. The van der Waals surface area contributed by atoms with Gasteiger partial charge in [0.1, 0.15) is 6.54 Å². The lowest BCUT2D eigenvalue weighted by atomic mass is 9.98. The molecule has 4 rings (SSSR count). The topological polar surface area (TPSA) is 56.6 Å². The molecule has 0 atom stereocenters. The Balaban J connectivity index is 1.54. The number of nitrogens with zero attached hydrogens (tertiary/aromatic N) is 3. The Morgan fingerprint density at radius 1 is 1.12 bits per heavy atom. The van der Waals surface area contributed by atoms with E-state index in [1.54, 1.807) is 20.5 Å². The van der Waals surface area contributed by atoms with E-state index in [-0.39, 0.29) is 5.91 Å². The summed E-state index contributed by atoms with van der Waals surface area (Å²) in [6.07, 6.45) is 2.54. The summed E-state index contributed by atoms with van der Waals surface area (Å²) in [4.78, 5) is 19.1. The third-order valence-corrected chi connectivity index (χ3v) is 4.90. The van der Waals surface area contributed by atoms with E-state index < -0.39 is 0 Å². The highest BCUT2D eigenvalue weighted by molar-refractivity contribution is 5.80. The second-order valence-electron chi connectivity index (χ2n) is 6.40. The Labute approximate surface area is 152 Å². The second kappa shape index (κ2) is 6.71. The van der Waals surface area contributed by atoms with Crippen molar-refractivity contribution in [1.29, 1.82) is 0 Å². The lowest BCUT2D eigenvalue weighted by Gasteiger charge is -2.30. The predicted molar refractivity (Wildman–Crippen MR) is 98.4 cm³/mol. The Bertz CT molecular complexity index is 964. The molecule has 0 bridgehead atoms. The first-order valence-electron chi connectivity index (χ1n) is 8.61. The molecule has 0 spiro atoms. The molecule has 1 amide bonds. The summed E-state index contributed by atoms with van der Waals surface area (Å²) in [7, 11) is 3.26. The number of ether oxygens (including phenoxy) is 2. The van der Waals surface area contributed by atoms with Crippen molar-refractivity contribution in [2.24, 2.45) is 0 Å². The van der Waals surface area contributed by atoms with Crippen LogP contribution in [0.25, 0.3) is 11.0 Å². The maximum absolute atomic E-state index is 12.8. The van der Waals surface area contributed by atoms with Gasteiger partial charge in [-0.2, -0.15) is 0 Å². The average Bonchev–Trinajstić information content (AvgIpc) is 3.09. The number of carbonyl (C=O) groups is 1. The first kappa shape index (κ1) is 16.4. The number of imidazole rings is 1. The van der Waals surface area contributed by atoms with E-state index in [1.165, 1.54) is 5.56 Å². The van der Waals surface area contributed by atoms with Crippen LogP contribution in [0.15, 0.2) is 42.7 Å². The Morgan fingerprint density at radius 2 is 1.85 bits per heavy atom. The van der Waals surface area contributed by atoms with Gasteiger partial charge in [-0.05, 0) is 41.8 Å². The van der Waals surface area contributed by atoms with Gasteiger partial charge in [0.05, 0.1) is 31.6 Å². The first-order chi connectivity index (χ1) is 12.7. The molecule has 1 aromatic heterocycles. The maximum atomic E-state index is 12.8. The van der Waals surface area contributed by atoms with Gasteiger partial charge in [0, 0.05) is 13.1 Å². The number of benzene rings is 2. The molecule has 0 fully saturated rings. The lowest BCUT2D eigenvalue weighted by molar-refractivity contribution is -0.132. The Morgan fingerprint density at radius 3 is 2.62 bits per heavy atom. The molecule has 0 saturated carbocycles. The van der Waals surface area contributed by atoms with Gasteiger partial charge in [-0.1, -0.05) is 12.1 Å². The van der Waals surface area contributed by atoms with Crippen molar-refractivity contribution in [1.82, 2.24) is 14.5 Å². The molecule has 0 unspecified atom stereocenters. The minimum absolute atomic E-state index is 0.0913. The Hall–Kier alpha value is -3.02. The van der Waals surface area contributed by atoms with Crippen molar-refractivity contribution in [3.8, 4) is 11.5 Å². The summed E-state index contributed by atoms with van der Waals surface area (Å²) in [5, 5.41) is 0. The summed E-state index contributed by atoms with van der Waals surface area (Å²) >= 11 is 0. The summed E-state index contributed by atoms with van der Waals surface area (Å²) in [5.41, 5.74) is 4.20. The molecular weight excluding hydrogens is 330 g/mol. The minimum Gasteiger partial charge on any atom is -0.493 e. The normalized spacial score (nSPS) is 13.5. The van der Waals surface area contributed by atoms with Crippen LogP contribution in [0.1, 0.15) is 11.1 Å². The minimum atomic E-state index is 0.0913. The summed E-state index contributed by atoms with van der Waals surface area (Å²) in [6.45, 7) is 1.58. The standard InChI is InChI=1S/C20H21N3O3/c1-25-18-9-14-7-8-22(11-15(14)10-19(18)26-2)20(24)12-23-13-21-16-5-3-4-6-17(16)23/h3-6,9-10,13H,7-8,11-12H2,1-2H3. The number of methoxy groups -OCH3 is 2. The molecule has 1 aliphatic rings. The van der Waals surface area contributed by atoms with Crippen LogP contribution in [0.3, 0.4) is 0 Å². The van der Waals surface area contributed by atoms with Gasteiger partial charge in [-0.3, -0.25) is 4.79 Å². The van der Waals surface area contributed by atoms with E-state index in [2.05, 4.69) is 4.98 Å². The molecule has 0 N–H and O–H groups in total. The number of rotatable bonds is 4. The van der Waals surface area contributed by atoms with E-state index in [9.17, 15) is 4.79 Å². The fraction of sp³-hybridized carbons (Fsp3) is 0.300. The van der Waals surface area contributed by atoms with Crippen molar-refractivity contribution in [2.75, 3.05) is 20.8 Å². The van der Waals surface area contributed by atoms with Crippen molar-refractivity contribution < 1.29 is 14.3 Å². The smallest absolute Gasteiger partial charge is 0.242 e. The van der Waals surface area contributed by atoms with Gasteiger partial charge in [-0.15, -0.1) is 0 Å². The van der Waals surface area contributed by atoms with E-state index in [4.69, 9.17) is 9.47 Å². The second-order valence-corrected chi connectivity index (χ2v) is 6.40. The molecule has 6 heteroatoms. The molecule has 26 heavy (non-hydrogen) atoms. The molecule has 1 aliphatic heterocycles. The number of para-hydroxylation sites is 2. The molecule has 2 heterocycles. The third kappa shape index (κ3) is 2.87. The zero-order valence-corrected chi connectivity index (χ0v) is 14.9. The van der Waals surface area contributed by atoms with Crippen LogP contribution in [0.5, 0.6) is 11.5 Å². The number of carbonyl (C=O) groups excluding carboxylic acids is 1. The fourth-order valence-corrected chi connectivity index (χ4v) is 3.48. The first-order valence-corrected chi connectivity index (χ1v) is 8.61. The van der Waals surface area contributed by atoms with E-state index in [0.29, 0.717) is 25.4 Å². The number of aromatic nitrogens is 2. The summed E-state index contributed by atoms with van der Waals surface area (Å²) in [5.74, 6) is 1.52. The number of amides is 1. The number of hydrogen-bond donors (Lipinski definition) is 0. The largest absolute Gasteiger partial charge is 0.493 e. The van der Waals surface area contributed by atoms with Crippen molar-refractivity contribution in [3.05, 3.63) is 53.9 Å². The van der Waals surface area contributed by atoms with Crippen LogP contribution in [0, 0.1) is 0 Å². The zero-order valence-electron chi connectivity index (χ0n) is 14.9. The van der Waals surface area contributed by atoms with E-state index in [0.717, 1.165) is 28.8 Å². The highest BCUT2D eigenvalue weighted by Crippen LogP contribution is 2.33. The van der Waals surface area contributed by atoms with Crippen molar-refractivity contribution in [2.45, 2.75) is 19.5 Å². The van der Waals surface area contributed by atoms with Gasteiger partial charge in [0.25, 0.3) is 0 Å². The van der Waals surface area contributed by atoms with Crippen LogP contribution in [-0.2, 0) is 24.3 Å². The zero-order chi connectivity index (χ0) is 18.1. The molecule has 134 valence electrons. The molecular formula is C20H21N3O3. The number of hydrogen-bond acceptors (Lipinski definition) is 4. The summed E-state index contributed by atoms with van der Waals surface area (Å²) in [6, 6.07) is 11.8.